The Kier molecular flexibility index (Phi) is 5.11. The predicted octanol–water partition coefficient (Wildman–Crippen LogP) is 1.69. The summed E-state index contributed by atoms with van der Waals surface area (Å²) in [6.45, 7) is 0. The van der Waals surface area contributed by atoms with Gasteiger partial charge in [-0.1, -0.05) is 0 Å². The summed E-state index contributed by atoms with van der Waals surface area (Å²) in [6, 6.07) is 1.02. The van der Waals surface area contributed by atoms with Crippen LogP contribution in [0.3, 0.4) is 0 Å². The van der Waals surface area contributed by atoms with Crippen LogP contribution in [0.4, 0.5) is 23.2 Å². The van der Waals surface area contributed by atoms with Gasteiger partial charge in [-0.3, -0.25) is 19.5 Å². The number of nitrogens with zero attached hydrogens (tertiary/aromatic N) is 3. The SMILES string of the molecule is COC(=O)C1(Oc2cc(-n3c(=O)cc(C(F)(F)F)n(C)c3=O)c(F)cc2[N+](=O)[O-])CC1. The van der Waals surface area contributed by atoms with E-state index in [0.717, 1.165) is 14.2 Å². The first-order valence-electron chi connectivity index (χ1n) is 8.48. The maximum absolute atomic E-state index is 14.6. The van der Waals surface area contributed by atoms with Gasteiger partial charge < -0.3 is 9.47 Å². The standard InChI is InChI=1S/C17H13F4N3O7/c1-22-12(17(19,20)21)7-13(25)23(15(22)27)9-6-11(10(24(28)29)5-8(9)18)31-16(3-4-16)14(26)30-2/h5-7H,3-4H2,1-2H3. The molecule has 14 heteroatoms. The van der Waals surface area contributed by atoms with Crippen molar-refractivity contribution in [2.45, 2.75) is 24.6 Å². The topological polar surface area (TPSA) is 123 Å². The predicted molar refractivity (Wildman–Crippen MR) is 93.5 cm³/mol. The lowest BCUT2D eigenvalue weighted by molar-refractivity contribution is -0.386. The molecule has 1 aromatic heterocycles. The number of hydrogen-bond acceptors (Lipinski definition) is 7. The minimum absolute atomic E-state index is 0.0683. The molecule has 2 aromatic rings. The van der Waals surface area contributed by atoms with E-state index in [-0.39, 0.29) is 28.0 Å². The van der Waals surface area contributed by atoms with Gasteiger partial charge in [-0.25, -0.2) is 18.5 Å². The minimum Gasteiger partial charge on any atom is -0.468 e. The number of hydrogen-bond donors (Lipinski definition) is 0. The van der Waals surface area contributed by atoms with E-state index in [0.29, 0.717) is 12.1 Å². The Balaban J connectivity index is 2.23. The van der Waals surface area contributed by atoms with E-state index >= 15 is 0 Å². The van der Waals surface area contributed by atoms with E-state index in [1.165, 1.54) is 0 Å². The number of halogens is 4. The van der Waals surface area contributed by atoms with Crippen LogP contribution in [-0.2, 0) is 22.8 Å². The molecule has 3 rings (SSSR count). The van der Waals surface area contributed by atoms with Crippen LogP contribution in [0.15, 0.2) is 27.8 Å². The van der Waals surface area contributed by atoms with E-state index in [4.69, 9.17) is 4.74 Å². The van der Waals surface area contributed by atoms with E-state index < -0.39 is 62.6 Å². The largest absolute Gasteiger partial charge is 0.468 e. The van der Waals surface area contributed by atoms with Gasteiger partial charge in [0.25, 0.3) is 5.56 Å². The molecule has 0 aliphatic heterocycles. The summed E-state index contributed by atoms with van der Waals surface area (Å²) >= 11 is 0. The highest BCUT2D eigenvalue weighted by atomic mass is 19.4. The highest BCUT2D eigenvalue weighted by Gasteiger charge is 2.55. The summed E-state index contributed by atoms with van der Waals surface area (Å²) in [4.78, 5) is 46.8. The first-order chi connectivity index (χ1) is 14.3. The number of alkyl halides is 3. The van der Waals surface area contributed by atoms with Crippen molar-refractivity contribution in [2.24, 2.45) is 7.05 Å². The van der Waals surface area contributed by atoms with Crippen molar-refractivity contribution < 1.29 is 36.8 Å². The molecule has 0 spiro atoms. The number of nitro groups is 1. The number of benzene rings is 1. The quantitative estimate of drug-likeness (QED) is 0.296. The van der Waals surface area contributed by atoms with Crippen molar-refractivity contribution in [2.75, 3.05) is 7.11 Å². The number of esters is 1. The summed E-state index contributed by atoms with van der Waals surface area (Å²) in [6.07, 6.45) is -4.77. The molecule has 1 aliphatic rings. The molecule has 0 bridgehead atoms. The summed E-state index contributed by atoms with van der Waals surface area (Å²) in [5, 5.41) is 11.3. The second-order valence-corrected chi connectivity index (χ2v) is 6.66. The third kappa shape index (κ3) is 3.75. The second kappa shape index (κ2) is 7.21. The second-order valence-electron chi connectivity index (χ2n) is 6.66. The molecule has 0 atom stereocenters. The molecule has 0 amide bonds. The van der Waals surface area contributed by atoms with Crippen LogP contribution in [0.5, 0.6) is 5.75 Å². The minimum atomic E-state index is -5.03. The van der Waals surface area contributed by atoms with Crippen LogP contribution < -0.4 is 16.0 Å². The van der Waals surface area contributed by atoms with Gasteiger partial charge in [-0.05, 0) is 0 Å². The van der Waals surface area contributed by atoms with Gasteiger partial charge in [-0.2, -0.15) is 13.2 Å². The number of carbonyl (C=O) groups is 1. The van der Waals surface area contributed by atoms with Gasteiger partial charge in [0.2, 0.25) is 11.4 Å². The molecule has 31 heavy (non-hydrogen) atoms. The van der Waals surface area contributed by atoms with Gasteiger partial charge in [-0.15, -0.1) is 0 Å². The average molecular weight is 447 g/mol. The molecule has 0 radical (unpaired) electrons. The highest BCUT2D eigenvalue weighted by molar-refractivity contribution is 5.83. The Morgan fingerprint density at radius 1 is 1.23 bits per heavy atom. The summed E-state index contributed by atoms with van der Waals surface area (Å²) in [5.74, 6) is -2.96. The van der Waals surface area contributed by atoms with Gasteiger partial charge in [0.1, 0.15) is 5.69 Å². The third-order valence-electron chi connectivity index (χ3n) is 4.64. The number of rotatable bonds is 5. The molecule has 10 nitrogen and oxygen atoms in total. The van der Waals surface area contributed by atoms with Gasteiger partial charge >= 0.3 is 23.5 Å². The first-order valence-corrected chi connectivity index (χ1v) is 8.48. The smallest absolute Gasteiger partial charge is 0.431 e. The first kappa shape index (κ1) is 22.0. The molecular weight excluding hydrogens is 434 g/mol. The molecule has 0 unspecified atom stereocenters. The molecule has 1 aromatic carbocycles. The third-order valence-corrected chi connectivity index (χ3v) is 4.64. The maximum Gasteiger partial charge on any atom is 0.431 e. The van der Waals surface area contributed by atoms with Crippen LogP contribution in [0.25, 0.3) is 5.69 Å². The molecule has 1 saturated carbocycles. The van der Waals surface area contributed by atoms with Crippen molar-refractivity contribution in [1.29, 1.82) is 0 Å². The average Bonchev–Trinajstić information content (AvgIpc) is 3.45. The van der Waals surface area contributed by atoms with E-state index in [1.54, 1.807) is 0 Å². The van der Waals surface area contributed by atoms with E-state index in [2.05, 4.69) is 4.74 Å². The molecule has 1 aliphatic carbocycles. The summed E-state index contributed by atoms with van der Waals surface area (Å²) in [7, 11) is 1.78. The van der Waals surface area contributed by atoms with E-state index in [1.807, 2.05) is 0 Å². The van der Waals surface area contributed by atoms with Crippen LogP contribution in [-0.4, -0.2) is 32.7 Å². The van der Waals surface area contributed by atoms with Gasteiger partial charge in [0.15, 0.2) is 5.82 Å². The lowest BCUT2D eigenvalue weighted by atomic mass is 10.2. The molecule has 1 fully saturated rings. The summed E-state index contributed by atoms with van der Waals surface area (Å²) in [5.41, 5.74) is -8.02. The highest BCUT2D eigenvalue weighted by Crippen LogP contribution is 2.44. The molecule has 0 saturated heterocycles. The zero-order chi connectivity index (χ0) is 23.3. The zero-order valence-corrected chi connectivity index (χ0v) is 15.9. The van der Waals surface area contributed by atoms with Crippen LogP contribution in [0, 0.1) is 15.9 Å². The van der Waals surface area contributed by atoms with Crippen molar-refractivity contribution in [3.8, 4) is 11.4 Å². The fourth-order valence-corrected chi connectivity index (χ4v) is 2.91. The van der Waals surface area contributed by atoms with Crippen molar-refractivity contribution >= 4 is 11.7 Å². The van der Waals surface area contributed by atoms with Crippen LogP contribution >= 0.6 is 0 Å². The number of ether oxygens (including phenoxy) is 2. The summed E-state index contributed by atoms with van der Waals surface area (Å²) < 4.78 is 63.7. The van der Waals surface area contributed by atoms with Crippen LogP contribution in [0.2, 0.25) is 0 Å². The normalized spacial score (nSPS) is 14.8. The molecule has 166 valence electrons. The fourth-order valence-electron chi connectivity index (χ4n) is 2.91. The van der Waals surface area contributed by atoms with Crippen LogP contribution in [0.1, 0.15) is 18.5 Å². The Labute approximate surface area is 169 Å². The van der Waals surface area contributed by atoms with E-state index in [9.17, 15) is 42.1 Å². The molecular formula is C17H13F4N3O7. The molecule has 0 N–H and O–H groups in total. The van der Waals surface area contributed by atoms with Gasteiger partial charge in [0, 0.05) is 32.0 Å². The Morgan fingerprint density at radius 3 is 2.32 bits per heavy atom. The number of methoxy groups -OCH3 is 1. The Bertz CT molecular complexity index is 1210. The lowest BCUT2D eigenvalue weighted by Crippen LogP contribution is -2.41. The maximum atomic E-state index is 14.6. The number of aromatic nitrogens is 2. The van der Waals surface area contributed by atoms with Crippen molar-refractivity contribution in [3.05, 3.63) is 60.7 Å². The zero-order valence-electron chi connectivity index (χ0n) is 15.9. The Hall–Kier alpha value is -3.71. The van der Waals surface area contributed by atoms with Crippen molar-refractivity contribution in [3.63, 3.8) is 0 Å². The number of nitro benzene ring substituents is 1. The lowest BCUT2D eigenvalue weighted by Gasteiger charge is -2.17. The Morgan fingerprint density at radius 2 is 1.84 bits per heavy atom. The van der Waals surface area contributed by atoms with Gasteiger partial charge in [0.05, 0.1) is 23.8 Å². The number of carbonyl (C=O) groups excluding carboxylic acids is 1. The fraction of sp³-hybridized carbons (Fsp3) is 0.353. The monoisotopic (exact) mass is 447 g/mol. The molecule has 1 heterocycles. The van der Waals surface area contributed by atoms with Crippen molar-refractivity contribution in [1.82, 2.24) is 9.13 Å².